The third kappa shape index (κ3) is 8.74. The lowest BCUT2D eigenvalue weighted by Gasteiger charge is -2.29. The standard InChI is InChI=1S/C47H51N3O5/c1-2-3-19-47(20-4-5-21-47)22-15-35(51)12-9-31-11-14-43(53)45(27-31)55-25-18-32-10-13-42(52)40(26-32)39-30-44(54)36-17-24-49-41(36)8-6-7-33-29-38-34(28-37(33)39)16-23-50-46(38)48/h10-11,13-17,22-24,26-29,39,46,50,52-54H,2-5,8-9,12,18-21,25,30,48H2,1H3/p-1/b22-15+,44-36?/t39-,46-/m1/s1. The molecular formula is C47H50N3O5-. The maximum atomic E-state index is 13.8. The molecule has 0 aromatic heterocycles. The Hall–Kier alpha value is -5.52. The van der Waals surface area contributed by atoms with Gasteiger partial charge in [-0.05, 0) is 126 Å². The number of aliphatic imine (C=N–C) groups is 1. The SMILES string of the molecule is CCCCC1(/C=C/C(=O)CCc2ccc(O)c(OCCc3ccc(O)c([C@@H]4CC([O-])=C5C=CN=C5CC#Cc5cc6c(cc54)C=CN[C@H]6N)c3)c2)CCCC1. The van der Waals surface area contributed by atoms with E-state index in [0.717, 1.165) is 39.8 Å². The molecule has 0 amide bonds. The molecule has 2 aliphatic carbocycles. The van der Waals surface area contributed by atoms with Crippen LogP contribution in [-0.4, -0.2) is 28.3 Å². The molecular weight excluding hydrogens is 687 g/mol. The van der Waals surface area contributed by atoms with Crippen LogP contribution in [-0.2, 0) is 17.6 Å². The fourth-order valence-corrected chi connectivity index (χ4v) is 8.34. The van der Waals surface area contributed by atoms with Crippen LogP contribution in [0, 0.1) is 17.3 Å². The first kappa shape index (κ1) is 37.8. The molecule has 0 saturated heterocycles. The summed E-state index contributed by atoms with van der Waals surface area (Å²) in [4.78, 5) is 17.3. The first-order valence-electron chi connectivity index (χ1n) is 19.7. The number of carbonyl (C=O) groups is 1. The maximum Gasteiger partial charge on any atom is 0.161 e. The van der Waals surface area contributed by atoms with Crippen molar-refractivity contribution in [3.05, 3.63) is 129 Å². The van der Waals surface area contributed by atoms with Gasteiger partial charge in [0.25, 0.3) is 0 Å². The van der Waals surface area contributed by atoms with Crippen LogP contribution in [0.15, 0.2) is 95.5 Å². The Morgan fingerprint density at radius 3 is 2.65 bits per heavy atom. The highest BCUT2D eigenvalue weighted by molar-refractivity contribution is 6.06. The average molecular weight is 737 g/mol. The Labute approximate surface area is 324 Å². The van der Waals surface area contributed by atoms with Crippen LogP contribution in [0.5, 0.6) is 17.2 Å². The van der Waals surface area contributed by atoms with Gasteiger partial charge >= 0.3 is 0 Å². The first-order valence-corrected chi connectivity index (χ1v) is 19.7. The van der Waals surface area contributed by atoms with E-state index in [1.54, 1.807) is 36.6 Å². The van der Waals surface area contributed by atoms with Crippen LogP contribution in [0.25, 0.3) is 6.08 Å². The van der Waals surface area contributed by atoms with Crippen molar-refractivity contribution in [2.45, 2.75) is 96.1 Å². The summed E-state index contributed by atoms with van der Waals surface area (Å²) in [5.74, 6) is 6.59. The molecule has 284 valence electrons. The number of benzene rings is 3. The fraction of sp³-hybridized carbons (Fsp3) is 0.362. The van der Waals surface area contributed by atoms with Gasteiger partial charge in [-0.3, -0.25) is 9.79 Å². The number of carbonyl (C=O) groups excluding carboxylic acids is 1. The Bertz CT molecular complexity index is 2160. The summed E-state index contributed by atoms with van der Waals surface area (Å²) >= 11 is 0. The second-order valence-corrected chi connectivity index (χ2v) is 15.3. The highest BCUT2D eigenvalue weighted by Crippen LogP contribution is 2.44. The number of phenols is 2. The molecule has 5 N–H and O–H groups in total. The minimum Gasteiger partial charge on any atom is -0.875 e. The van der Waals surface area contributed by atoms with Gasteiger partial charge in [0.1, 0.15) is 11.9 Å². The van der Waals surface area contributed by atoms with Gasteiger partial charge in [-0.15, -0.1) is 5.76 Å². The van der Waals surface area contributed by atoms with Crippen molar-refractivity contribution in [2.24, 2.45) is 16.1 Å². The number of allylic oxidation sites excluding steroid dienone is 5. The zero-order chi connectivity index (χ0) is 38.4. The largest absolute Gasteiger partial charge is 0.875 e. The zero-order valence-electron chi connectivity index (χ0n) is 31.6. The quantitative estimate of drug-likeness (QED) is 0.103. The number of hydrogen-bond acceptors (Lipinski definition) is 8. The van der Waals surface area contributed by atoms with Crippen molar-refractivity contribution in [3.8, 4) is 29.1 Å². The number of phenolic OH excluding ortho intramolecular Hbond substituents is 2. The summed E-state index contributed by atoms with van der Waals surface area (Å²) in [6, 6.07) is 14.7. The number of aryl methyl sites for hydroxylation is 1. The third-order valence-corrected chi connectivity index (χ3v) is 11.5. The molecule has 3 aromatic rings. The summed E-state index contributed by atoms with van der Waals surface area (Å²) in [6.07, 6.45) is 21.0. The first-order chi connectivity index (χ1) is 26.7. The molecule has 2 heterocycles. The Kier molecular flexibility index (Phi) is 11.6. The molecule has 1 saturated carbocycles. The van der Waals surface area contributed by atoms with Gasteiger partial charge in [0, 0.05) is 36.1 Å². The van der Waals surface area contributed by atoms with Gasteiger partial charge in [-0.2, -0.15) is 0 Å². The summed E-state index contributed by atoms with van der Waals surface area (Å²) in [5.41, 5.74) is 13.7. The lowest BCUT2D eigenvalue weighted by molar-refractivity contribution is -0.307. The van der Waals surface area contributed by atoms with E-state index in [1.165, 1.54) is 38.5 Å². The topological polar surface area (TPSA) is 140 Å². The summed E-state index contributed by atoms with van der Waals surface area (Å²) in [6.45, 7) is 2.48. The summed E-state index contributed by atoms with van der Waals surface area (Å²) in [5, 5.41) is 38.9. The molecule has 55 heavy (non-hydrogen) atoms. The van der Waals surface area contributed by atoms with E-state index in [-0.39, 0.29) is 41.5 Å². The van der Waals surface area contributed by atoms with Crippen LogP contribution in [0.2, 0.25) is 0 Å². The molecule has 7 rings (SSSR count). The van der Waals surface area contributed by atoms with Gasteiger partial charge in [-0.1, -0.05) is 68.7 Å². The van der Waals surface area contributed by atoms with Gasteiger partial charge in [-0.25, -0.2) is 0 Å². The number of ketones is 1. The molecule has 0 radical (unpaired) electrons. The van der Waals surface area contributed by atoms with E-state index in [4.69, 9.17) is 10.5 Å². The molecule has 0 unspecified atom stereocenters. The second-order valence-electron chi connectivity index (χ2n) is 15.3. The predicted molar refractivity (Wildman–Crippen MR) is 215 cm³/mol. The number of ether oxygens (including phenoxy) is 1. The van der Waals surface area contributed by atoms with Crippen LogP contribution in [0.3, 0.4) is 0 Å². The number of nitrogens with zero attached hydrogens (tertiary/aromatic N) is 1. The monoisotopic (exact) mass is 736 g/mol. The van der Waals surface area contributed by atoms with Crippen molar-refractivity contribution in [2.75, 3.05) is 6.61 Å². The van der Waals surface area contributed by atoms with Gasteiger partial charge in [0.05, 0.1) is 18.7 Å². The summed E-state index contributed by atoms with van der Waals surface area (Å²) < 4.78 is 6.10. The second kappa shape index (κ2) is 16.9. The zero-order valence-corrected chi connectivity index (χ0v) is 31.6. The van der Waals surface area contributed by atoms with Crippen molar-refractivity contribution in [3.63, 3.8) is 0 Å². The average Bonchev–Trinajstić information content (AvgIpc) is 3.87. The third-order valence-electron chi connectivity index (χ3n) is 11.5. The van der Waals surface area contributed by atoms with Crippen LogP contribution in [0.1, 0.15) is 122 Å². The lowest BCUT2D eigenvalue weighted by atomic mass is 9.80. The number of unbranched alkanes of at least 4 members (excludes halogenated alkanes) is 1. The van der Waals surface area contributed by atoms with Crippen molar-refractivity contribution in [1.29, 1.82) is 0 Å². The van der Waals surface area contributed by atoms with E-state index in [2.05, 4.69) is 35.1 Å². The number of hydrogen-bond donors (Lipinski definition) is 4. The number of nitrogens with one attached hydrogen (secondary N) is 1. The van der Waals surface area contributed by atoms with Crippen molar-refractivity contribution < 1.29 is 24.9 Å². The smallest absolute Gasteiger partial charge is 0.161 e. The lowest BCUT2D eigenvalue weighted by Crippen LogP contribution is -2.27. The predicted octanol–water partition coefficient (Wildman–Crippen LogP) is 7.92. The van der Waals surface area contributed by atoms with Crippen LogP contribution >= 0.6 is 0 Å². The van der Waals surface area contributed by atoms with Crippen molar-refractivity contribution >= 4 is 17.6 Å². The Morgan fingerprint density at radius 1 is 1.04 bits per heavy atom. The van der Waals surface area contributed by atoms with E-state index < -0.39 is 12.1 Å². The van der Waals surface area contributed by atoms with Crippen LogP contribution in [0.4, 0.5) is 0 Å². The van der Waals surface area contributed by atoms with Gasteiger partial charge in [0.15, 0.2) is 17.3 Å². The van der Waals surface area contributed by atoms with Crippen LogP contribution < -0.4 is 20.9 Å². The molecule has 0 spiro atoms. The van der Waals surface area contributed by atoms with E-state index in [1.807, 2.05) is 42.6 Å². The molecule has 2 aliphatic heterocycles. The minimum atomic E-state index is -0.498. The summed E-state index contributed by atoms with van der Waals surface area (Å²) in [7, 11) is 0. The highest BCUT2D eigenvalue weighted by Gasteiger charge is 2.30. The van der Waals surface area contributed by atoms with Gasteiger partial charge in [0.2, 0.25) is 0 Å². The number of fused-ring (bicyclic) bond motifs is 3. The molecule has 8 nitrogen and oxygen atoms in total. The molecule has 4 aliphatic rings. The van der Waals surface area contributed by atoms with Crippen molar-refractivity contribution in [1.82, 2.24) is 5.32 Å². The minimum absolute atomic E-state index is 0.0341. The van der Waals surface area contributed by atoms with E-state index in [9.17, 15) is 20.1 Å². The number of nitrogens with two attached hydrogens (primary N) is 1. The maximum absolute atomic E-state index is 13.8. The van der Waals surface area contributed by atoms with Gasteiger partial charge < -0.3 is 31.1 Å². The number of aromatic hydroxyl groups is 2. The molecule has 0 bridgehead atoms. The number of rotatable bonds is 13. The highest BCUT2D eigenvalue weighted by atomic mass is 16.5. The molecule has 3 aromatic carbocycles. The normalized spacial score (nSPS) is 19.6. The Balaban J connectivity index is 1.07. The molecule has 2 atom stereocenters. The molecule has 8 heteroatoms. The molecule has 1 fully saturated rings. The van der Waals surface area contributed by atoms with E-state index in [0.29, 0.717) is 48.3 Å². The Morgan fingerprint density at radius 2 is 1.84 bits per heavy atom. The van der Waals surface area contributed by atoms with E-state index >= 15 is 0 Å². The fourth-order valence-electron chi connectivity index (χ4n) is 8.34.